The number of aromatic nitrogens is 3. The third-order valence-electron chi connectivity index (χ3n) is 6.71. The van der Waals surface area contributed by atoms with Crippen molar-refractivity contribution in [3.63, 3.8) is 0 Å². The number of hydrogen-bond donors (Lipinski definition) is 2. The third kappa shape index (κ3) is 11.6. The molecule has 2 aromatic rings. The standard InChI is InChI=1S/C24H31N5O2.9CH4/c1-15(17-6-4-3-5-7-17)14-24(2,11-10-20-27-22(25)29-23(26)28-20)21(30)31-19-13-16-8-9-18(19)12-16;;;;;;;;;/h3-9,15-16,18-19H,10-14H2,1-2H3,(H4,25,26,27,28,29);9*1H4. The van der Waals surface area contributed by atoms with Crippen LogP contribution in [0.2, 0.25) is 0 Å². The first-order chi connectivity index (χ1) is 14.8. The highest BCUT2D eigenvalue weighted by molar-refractivity contribution is 5.77. The lowest BCUT2D eigenvalue weighted by molar-refractivity contribution is -0.163. The van der Waals surface area contributed by atoms with Crippen LogP contribution in [0.15, 0.2) is 42.5 Å². The molecule has 40 heavy (non-hydrogen) atoms. The van der Waals surface area contributed by atoms with E-state index in [4.69, 9.17) is 16.2 Å². The van der Waals surface area contributed by atoms with Crippen molar-refractivity contribution in [1.29, 1.82) is 0 Å². The zero-order valence-electron chi connectivity index (χ0n) is 18.2. The van der Waals surface area contributed by atoms with E-state index in [0.717, 1.165) is 12.8 Å². The second-order valence-corrected chi connectivity index (χ2v) is 9.27. The maximum Gasteiger partial charge on any atom is 0.312 e. The summed E-state index contributed by atoms with van der Waals surface area (Å²) in [6, 6.07) is 10.3. The highest BCUT2D eigenvalue weighted by atomic mass is 16.5. The Morgan fingerprint density at radius 2 is 1.45 bits per heavy atom. The van der Waals surface area contributed by atoms with E-state index in [0.29, 0.717) is 36.9 Å². The second-order valence-electron chi connectivity index (χ2n) is 9.27. The zero-order valence-corrected chi connectivity index (χ0v) is 18.2. The number of nitrogens with two attached hydrogens (primary N) is 2. The van der Waals surface area contributed by atoms with E-state index in [9.17, 15) is 4.79 Å². The van der Waals surface area contributed by atoms with E-state index in [2.05, 4.69) is 46.2 Å². The van der Waals surface area contributed by atoms with Crippen molar-refractivity contribution in [2.45, 2.75) is 125 Å². The van der Waals surface area contributed by atoms with Crippen LogP contribution in [0.1, 0.15) is 124 Å². The zero-order chi connectivity index (χ0) is 22.0. The van der Waals surface area contributed by atoms with Crippen LogP contribution in [0.3, 0.4) is 0 Å². The molecule has 1 fully saturated rings. The molecule has 0 aliphatic heterocycles. The number of carbonyl (C=O) groups is 1. The molecule has 0 saturated heterocycles. The van der Waals surface area contributed by atoms with Crippen LogP contribution in [-0.4, -0.2) is 27.0 Å². The first-order valence-corrected chi connectivity index (χ1v) is 11.0. The smallest absolute Gasteiger partial charge is 0.312 e. The number of carbonyl (C=O) groups excluding carboxylic acids is 1. The molecule has 0 amide bonds. The first-order valence-electron chi connectivity index (χ1n) is 11.0. The first kappa shape index (κ1) is 49.9. The molecular weight excluding hydrogens is 498 g/mol. The third-order valence-corrected chi connectivity index (χ3v) is 6.71. The van der Waals surface area contributed by atoms with Gasteiger partial charge < -0.3 is 16.2 Å². The molecule has 1 saturated carbocycles. The number of nitrogen functional groups attached to an aromatic ring is 2. The van der Waals surface area contributed by atoms with Gasteiger partial charge in [0, 0.05) is 12.3 Å². The predicted octanol–water partition coefficient (Wildman–Crippen LogP) is 9.40. The summed E-state index contributed by atoms with van der Waals surface area (Å²) in [7, 11) is 0. The van der Waals surface area contributed by atoms with Crippen LogP contribution in [0.4, 0.5) is 11.9 Å². The number of rotatable bonds is 8. The topological polar surface area (TPSA) is 117 Å². The number of aryl methyl sites for hydroxylation is 1. The Morgan fingerprint density at radius 3 is 1.93 bits per heavy atom. The SMILES string of the molecule is C.C.C.C.C.C.C.C.C.CC(CC(C)(CCc1nc(N)nc(N)n1)C(=O)OC1CC2C=CC1C2)c1ccccc1. The van der Waals surface area contributed by atoms with Gasteiger partial charge in [-0.05, 0) is 50.0 Å². The van der Waals surface area contributed by atoms with Crippen molar-refractivity contribution < 1.29 is 9.53 Å². The van der Waals surface area contributed by atoms with Gasteiger partial charge in [0.25, 0.3) is 0 Å². The van der Waals surface area contributed by atoms with Crippen LogP contribution in [0.25, 0.3) is 0 Å². The monoisotopic (exact) mass is 566 g/mol. The fourth-order valence-electron chi connectivity index (χ4n) is 4.96. The Labute approximate surface area is 249 Å². The maximum absolute atomic E-state index is 13.5. The summed E-state index contributed by atoms with van der Waals surface area (Å²) in [6.07, 6.45) is 8.15. The highest BCUT2D eigenvalue weighted by Crippen LogP contribution is 2.43. The quantitative estimate of drug-likeness (QED) is 0.242. The molecular formula is C33H67N5O2. The lowest BCUT2D eigenvalue weighted by atomic mass is 9.76. The molecule has 236 valence electrons. The van der Waals surface area contributed by atoms with Gasteiger partial charge in [0.2, 0.25) is 11.9 Å². The van der Waals surface area contributed by atoms with E-state index < -0.39 is 5.41 Å². The molecule has 4 rings (SSSR count). The normalized spacial score (nSPS) is 19.1. The van der Waals surface area contributed by atoms with E-state index in [1.165, 1.54) is 5.56 Å². The van der Waals surface area contributed by atoms with Gasteiger partial charge in [-0.15, -0.1) is 0 Å². The average molecular weight is 566 g/mol. The van der Waals surface area contributed by atoms with Crippen LogP contribution < -0.4 is 11.5 Å². The lowest BCUT2D eigenvalue weighted by Crippen LogP contribution is -2.36. The molecule has 7 heteroatoms. The fraction of sp³-hybridized carbons (Fsp3) is 0.636. The minimum Gasteiger partial charge on any atom is -0.461 e. The molecule has 2 aliphatic carbocycles. The summed E-state index contributed by atoms with van der Waals surface area (Å²) in [5.74, 6) is 1.65. The molecule has 1 aromatic carbocycles. The molecule has 0 radical (unpaired) electrons. The Hall–Kier alpha value is -2.96. The van der Waals surface area contributed by atoms with E-state index in [-0.39, 0.29) is 96.7 Å². The number of nitrogens with zero attached hydrogens (tertiary/aromatic N) is 3. The second kappa shape index (κ2) is 20.9. The molecule has 7 nitrogen and oxygen atoms in total. The summed E-state index contributed by atoms with van der Waals surface area (Å²) < 4.78 is 6.09. The van der Waals surface area contributed by atoms with Crippen molar-refractivity contribution >= 4 is 17.9 Å². The summed E-state index contributed by atoms with van der Waals surface area (Å²) in [6.45, 7) is 4.14. The van der Waals surface area contributed by atoms with E-state index in [1.807, 2.05) is 25.1 Å². The lowest BCUT2D eigenvalue weighted by Gasteiger charge is -2.32. The average Bonchev–Trinajstić information content (AvgIpc) is 3.35. The maximum atomic E-state index is 13.5. The Kier molecular flexibility index (Phi) is 26.1. The van der Waals surface area contributed by atoms with Crippen LogP contribution in [-0.2, 0) is 16.0 Å². The summed E-state index contributed by atoms with van der Waals surface area (Å²) >= 11 is 0. The molecule has 2 aliphatic rings. The van der Waals surface area contributed by atoms with Gasteiger partial charge in [-0.2, -0.15) is 15.0 Å². The summed E-state index contributed by atoms with van der Waals surface area (Å²) in [4.78, 5) is 25.7. The molecule has 1 aromatic heterocycles. The van der Waals surface area contributed by atoms with Crippen molar-refractivity contribution in [3.8, 4) is 0 Å². The van der Waals surface area contributed by atoms with Gasteiger partial charge in [-0.3, -0.25) is 4.79 Å². The number of ether oxygens (including phenoxy) is 1. The Balaban J connectivity index is -0.000000321. The number of benzene rings is 1. The van der Waals surface area contributed by atoms with Crippen LogP contribution in [0, 0.1) is 17.3 Å². The summed E-state index contributed by atoms with van der Waals surface area (Å²) in [5.41, 5.74) is 12.0. The van der Waals surface area contributed by atoms with Crippen molar-refractivity contribution in [2.75, 3.05) is 11.5 Å². The number of fused-ring (bicyclic) bond motifs is 2. The van der Waals surface area contributed by atoms with Crippen LogP contribution in [0.5, 0.6) is 0 Å². The van der Waals surface area contributed by atoms with Gasteiger partial charge >= 0.3 is 5.97 Å². The Morgan fingerprint density at radius 1 is 0.900 bits per heavy atom. The van der Waals surface area contributed by atoms with Gasteiger partial charge in [0.05, 0.1) is 5.41 Å². The minimum absolute atomic E-state index is 0. The number of allylic oxidation sites excluding steroid dienone is 1. The van der Waals surface area contributed by atoms with Crippen molar-refractivity contribution in [2.24, 2.45) is 17.3 Å². The molecule has 0 spiro atoms. The minimum atomic E-state index is -0.684. The van der Waals surface area contributed by atoms with Gasteiger partial charge in [-0.25, -0.2) is 0 Å². The number of hydrogen-bond acceptors (Lipinski definition) is 7. The summed E-state index contributed by atoms with van der Waals surface area (Å²) in [5, 5.41) is 0. The number of anilines is 2. The predicted molar refractivity (Wildman–Crippen MR) is 180 cm³/mol. The molecule has 5 unspecified atom stereocenters. The van der Waals surface area contributed by atoms with Gasteiger partial charge in [-0.1, -0.05) is 116 Å². The van der Waals surface area contributed by atoms with E-state index >= 15 is 0 Å². The Bertz CT molecular complexity index is 946. The molecule has 1 heterocycles. The largest absolute Gasteiger partial charge is 0.461 e. The van der Waals surface area contributed by atoms with E-state index in [1.54, 1.807) is 0 Å². The van der Waals surface area contributed by atoms with Crippen molar-refractivity contribution in [3.05, 3.63) is 53.9 Å². The molecule has 2 bridgehead atoms. The van der Waals surface area contributed by atoms with Crippen molar-refractivity contribution in [1.82, 2.24) is 15.0 Å². The van der Waals surface area contributed by atoms with Gasteiger partial charge in [0.1, 0.15) is 11.9 Å². The fourth-order valence-corrected chi connectivity index (χ4v) is 4.96. The molecule has 5 atom stereocenters. The molecule has 4 N–H and O–H groups in total. The number of esters is 1. The van der Waals surface area contributed by atoms with Crippen LogP contribution >= 0.6 is 0 Å². The highest BCUT2D eigenvalue weighted by Gasteiger charge is 2.43. The van der Waals surface area contributed by atoms with Gasteiger partial charge in [0.15, 0.2) is 0 Å².